The van der Waals surface area contributed by atoms with Crippen LogP contribution in [0.3, 0.4) is 0 Å². The van der Waals surface area contributed by atoms with Gasteiger partial charge in [-0.3, -0.25) is 4.79 Å². The molecule has 27 heavy (non-hydrogen) atoms. The molecule has 0 aliphatic carbocycles. The van der Waals surface area contributed by atoms with Gasteiger partial charge in [0.2, 0.25) is 10.7 Å². The van der Waals surface area contributed by atoms with Gasteiger partial charge in [-0.15, -0.1) is 0 Å². The van der Waals surface area contributed by atoms with Gasteiger partial charge in [0.1, 0.15) is 18.2 Å². The van der Waals surface area contributed by atoms with Crippen LogP contribution in [0.25, 0.3) is 0 Å². The van der Waals surface area contributed by atoms with E-state index in [1.54, 1.807) is 16.8 Å². The maximum atomic E-state index is 14.0. The Morgan fingerprint density at radius 2 is 2.15 bits per heavy atom. The molecule has 148 valence electrons. The third kappa shape index (κ3) is 5.85. The van der Waals surface area contributed by atoms with Crippen LogP contribution in [0.1, 0.15) is 31.7 Å². The van der Waals surface area contributed by atoms with Crippen molar-refractivity contribution in [1.82, 2.24) is 14.3 Å². The van der Waals surface area contributed by atoms with E-state index in [4.69, 9.17) is 29.6 Å². The molecule has 1 unspecified atom stereocenters. The van der Waals surface area contributed by atoms with Gasteiger partial charge < -0.3 is 15.2 Å². The fourth-order valence-electron chi connectivity index (χ4n) is 2.87. The first-order chi connectivity index (χ1) is 12.7. The van der Waals surface area contributed by atoms with E-state index in [-0.39, 0.29) is 18.1 Å². The monoisotopic (exact) mass is 414 g/mol. The van der Waals surface area contributed by atoms with Gasteiger partial charge in [0.05, 0.1) is 17.6 Å². The van der Waals surface area contributed by atoms with Crippen LogP contribution in [0.5, 0.6) is 0 Å². The molecule has 0 bridgehead atoms. The summed E-state index contributed by atoms with van der Waals surface area (Å²) < 4.78 is 18.3. The largest absolute Gasteiger partial charge is 0.370 e. The molecule has 0 fully saturated rings. The predicted molar refractivity (Wildman–Crippen MR) is 105 cm³/mol. The van der Waals surface area contributed by atoms with Crippen LogP contribution in [0.15, 0.2) is 18.2 Å². The van der Waals surface area contributed by atoms with Crippen LogP contribution in [-0.4, -0.2) is 27.3 Å². The van der Waals surface area contributed by atoms with Crippen molar-refractivity contribution in [2.24, 2.45) is 11.7 Å². The highest BCUT2D eigenvalue weighted by atomic mass is 35.5. The molecule has 1 atom stereocenters. The zero-order valence-electron chi connectivity index (χ0n) is 15.8. The molecule has 9 heteroatoms. The molecule has 2 aromatic rings. The lowest BCUT2D eigenvalue weighted by Crippen LogP contribution is -3.07. The first kappa shape index (κ1) is 21.5. The third-order valence-corrected chi connectivity index (χ3v) is 4.89. The number of amides is 1. The molecule has 0 radical (unpaired) electrons. The lowest BCUT2D eigenvalue weighted by Gasteiger charge is -2.15. The predicted octanol–water partition coefficient (Wildman–Crippen LogP) is 1.95. The Hall–Kier alpha value is -1.77. The fraction of sp³-hybridized carbons (Fsp3) is 0.500. The van der Waals surface area contributed by atoms with Crippen molar-refractivity contribution in [2.75, 3.05) is 7.05 Å². The van der Waals surface area contributed by atoms with Crippen molar-refractivity contribution in [2.45, 2.75) is 46.4 Å². The zero-order chi connectivity index (χ0) is 20.1. The number of aryl methyl sites for hydroxylation is 1. The smallest absolute Gasteiger partial charge is 0.217 e. The number of nitrogens with zero attached hydrogens (tertiary/aromatic N) is 3. The topological polar surface area (TPSA) is 70.3 Å². The number of rotatable bonds is 9. The van der Waals surface area contributed by atoms with E-state index in [1.807, 2.05) is 11.6 Å². The van der Waals surface area contributed by atoms with Crippen molar-refractivity contribution in [3.05, 3.63) is 45.2 Å². The fourth-order valence-corrected chi connectivity index (χ4v) is 3.39. The Balaban J connectivity index is 2.21. The number of nitrogens with two attached hydrogens (primary N) is 1. The Labute approximate surface area is 168 Å². The SMILES string of the molecule is CC(C)Cn1c(CCC(N)=O)nn(C[NH+](C)Cc2c(F)cccc2Cl)c1=S. The average Bonchev–Trinajstić information content (AvgIpc) is 2.85. The molecule has 0 aliphatic heterocycles. The van der Waals surface area contributed by atoms with Crippen LogP contribution >= 0.6 is 23.8 Å². The molecular formula is C18H26ClFN5OS+. The Bertz CT molecular complexity index is 844. The van der Waals surface area contributed by atoms with Gasteiger partial charge in [0.25, 0.3) is 0 Å². The average molecular weight is 415 g/mol. The summed E-state index contributed by atoms with van der Waals surface area (Å²) in [6, 6.07) is 4.67. The van der Waals surface area contributed by atoms with Gasteiger partial charge in [-0.2, -0.15) is 9.78 Å². The summed E-state index contributed by atoms with van der Waals surface area (Å²) in [5.74, 6) is 0.426. The van der Waals surface area contributed by atoms with Gasteiger partial charge in [0, 0.05) is 19.4 Å². The van der Waals surface area contributed by atoms with Gasteiger partial charge in [-0.1, -0.05) is 31.5 Å². The van der Waals surface area contributed by atoms with Crippen molar-refractivity contribution in [3.63, 3.8) is 0 Å². The Kier molecular flexibility index (Phi) is 7.52. The lowest BCUT2D eigenvalue weighted by atomic mass is 10.2. The number of halogens is 2. The van der Waals surface area contributed by atoms with E-state index in [2.05, 4.69) is 18.9 Å². The van der Waals surface area contributed by atoms with Crippen molar-refractivity contribution >= 4 is 29.7 Å². The second kappa shape index (κ2) is 9.43. The molecule has 1 amide bonds. The number of hydrogen-bond donors (Lipinski definition) is 2. The molecule has 0 aliphatic rings. The molecular weight excluding hydrogens is 389 g/mol. The normalized spacial score (nSPS) is 12.5. The van der Waals surface area contributed by atoms with Crippen LogP contribution in [0.2, 0.25) is 5.02 Å². The van der Waals surface area contributed by atoms with E-state index in [1.165, 1.54) is 6.07 Å². The molecule has 0 saturated carbocycles. The van der Waals surface area contributed by atoms with Gasteiger partial charge >= 0.3 is 0 Å². The molecule has 1 aromatic carbocycles. The number of carbonyl (C=O) groups excluding carboxylic acids is 1. The summed E-state index contributed by atoms with van der Waals surface area (Å²) in [5, 5.41) is 4.99. The highest BCUT2D eigenvalue weighted by Gasteiger charge is 2.17. The first-order valence-electron chi connectivity index (χ1n) is 8.88. The molecule has 6 nitrogen and oxygen atoms in total. The number of primary amides is 1. The molecule has 1 heterocycles. The second-order valence-corrected chi connectivity index (χ2v) is 7.93. The Morgan fingerprint density at radius 3 is 2.74 bits per heavy atom. The van der Waals surface area contributed by atoms with E-state index < -0.39 is 0 Å². The van der Waals surface area contributed by atoms with Crippen molar-refractivity contribution in [1.29, 1.82) is 0 Å². The molecule has 3 N–H and O–H groups in total. The summed E-state index contributed by atoms with van der Waals surface area (Å²) >= 11 is 11.7. The summed E-state index contributed by atoms with van der Waals surface area (Å²) in [4.78, 5) is 12.1. The van der Waals surface area contributed by atoms with Crippen LogP contribution in [0.4, 0.5) is 4.39 Å². The molecule has 1 aromatic heterocycles. The van der Waals surface area contributed by atoms with E-state index >= 15 is 0 Å². The maximum absolute atomic E-state index is 14.0. The summed E-state index contributed by atoms with van der Waals surface area (Å²) in [6.45, 7) is 5.76. The quantitative estimate of drug-likeness (QED) is 0.616. The molecule has 0 spiro atoms. The van der Waals surface area contributed by atoms with Crippen molar-refractivity contribution < 1.29 is 14.1 Å². The van der Waals surface area contributed by atoms with E-state index in [0.717, 1.165) is 10.7 Å². The summed E-state index contributed by atoms with van der Waals surface area (Å²) in [5.41, 5.74) is 5.74. The van der Waals surface area contributed by atoms with Gasteiger partial charge in [-0.25, -0.2) is 4.39 Å². The van der Waals surface area contributed by atoms with E-state index in [9.17, 15) is 9.18 Å². The van der Waals surface area contributed by atoms with Crippen molar-refractivity contribution in [3.8, 4) is 0 Å². The van der Waals surface area contributed by atoms with Gasteiger partial charge in [-0.05, 0) is 30.3 Å². The maximum Gasteiger partial charge on any atom is 0.217 e. The number of carbonyl (C=O) groups is 1. The number of benzene rings is 1. The van der Waals surface area contributed by atoms with E-state index in [0.29, 0.717) is 47.5 Å². The minimum absolute atomic E-state index is 0.220. The standard InChI is InChI=1S/C18H25ClFN5OS/c1-12(2)9-24-17(8-7-16(21)26)22-25(18(24)27)11-23(3)10-13-14(19)5-4-6-15(13)20/h4-6,12H,7-11H2,1-3H3,(H2,21,26)/p+1. The lowest BCUT2D eigenvalue weighted by molar-refractivity contribution is -0.917. The third-order valence-electron chi connectivity index (χ3n) is 4.10. The minimum atomic E-state index is -0.372. The minimum Gasteiger partial charge on any atom is -0.370 e. The van der Waals surface area contributed by atoms with Crippen LogP contribution < -0.4 is 10.6 Å². The zero-order valence-corrected chi connectivity index (χ0v) is 17.4. The highest BCUT2D eigenvalue weighted by Crippen LogP contribution is 2.17. The molecule has 2 rings (SSSR count). The number of hydrogen-bond acceptors (Lipinski definition) is 3. The summed E-state index contributed by atoms with van der Waals surface area (Å²) in [6.07, 6.45) is 0.661. The Morgan fingerprint density at radius 1 is 1.44 bits per heavy atom. The number of aromatic nitrogens is 3. The number of quaternary nitrogens is 1. The van der Waals surface area contributed by atoms with Crippen LogP contribution in [-0.2, 0) is 31.0 Å². The highest BCUT2D eigenvalue weighted by molar-refractivity contribution is 7.71. The molecule has 0 saturated heterocycles. The first-order valence-corrected chi connectivity index (χ1v) is 9.66. The summed E-state index contributed by atoms with van der Waals surface area (Å²) in [7, 11) is 1.93. The van der Waals surface area contributed by atoms with Crippen LogP contribution in [0, 0.1) is 16.5 Å². The van der Waals surface area contributed by atoms with Gasteiger partial charge in [0.15, 0.2) is 6.67 Å². The number of nitrogens with one attached hydrogen (secondary N) is 1. The second-order valence-electron chi connectivity index (χ2n) is 7.16.